The van der Waals surface area contributed by atoms with Gasteiger partial charge in [0.2, 0.25) is 15.9 Å². The molecule has 32 heavy (non-hydrogen) atoms. The molecule has 1 aromatic heterocycles. The lowest BCUT2D eigenvalue weighted by Crippen LogP contribution is -2.46. The molecule has 1 amide bonds. The molecule has 2 heterocycles. The van der Waals surface area contributed by atoms with Crippen LogP contribution in [-0.4, -0.2) is 41.3 Å². The highest BCUT2D eigenvalue weighted by molar-refractivity contribution is 7.89. The number of piperidine rings is 1. The minimum Gasteiger partial charge on any atom is -0.342 e. The predicted octanol–water partition coefficient (Wildman–Crippen LogP) is 2.87. The molecule has 1 N–H and O–H groups in total. The molecular formula is C23H25FN4O3S. The molecule has 1 saturated heterocycles. The number of carbonyl (C=O) groups excluding carboxylic acids is 1. The Labute approximate surface area is 186 Å². The first-order valence-corrected chi connectivity index (χ1v) is 11.9. The lowest BCUT2D eigenvalue weighted by atomic mass is 9.97. The number of aryl methyl sites for hydroxylation is 1. The fraction of sp³-hybridized carbons (Fsp3) is 0.304. The fourth-order valence-electron chi connectivity index (χ4n) is 3.99. The smallest absolute Gasteiger partial charge is 0.243 e. The molecule has 0 radical (unpaired) electrons. The number of benzene rings is 2. The maximum Gasteiger partial charge on any atom is 0.243 e. The first kappa shape index (κ1) is 22.2. The monoisotopic (exact) mass is 456 g/mol. The van der Waals surface area contributed by atoms with Crippen molar-refractivity contribution in [3.63, 3.8) is 0 Å². The van der Waals surface area contributed by atoms with Crippen LogP contribution >= 0.6 is 0 Å². The van der Waals surface area contributed by atoms with Crippen LogP contribution in [0.3, 0.4) is 0 Å². The minimum atomic E-state index is -3.81. The molecule has 2 atom stereocenters. The Morgan fingerprint density at radius 2 is 1.88 bits per heavy atom. The molecule has 0 spiro atoms. The van der Waals surface area contributed by atoms with Crippen LogP contribution in [0.2, 0.25) is 0 Å². The van der Waals surface area contributed by atoms with Gasteiger partial charge in [-0.3, -0.25) is 4.79 Å². The number of nitrogens with zero attached hydrogens (tertiary/aromatic N) is 3. The van der Waals surface area contributed by atoms with E-state index in [1.807, 2.05) is 48.1 Å². The van der Waals surface area contributed by atoms with Gasteiger partial charge in [0.15, 0.2) is 0 Å². The molecule has 168 valence electrons. The van der Waals surface area contributed by atoms with Crippen molar-refractivity contribution < 1.29 is 17.6 Å². The second-order valence-corrected chi connectivity index (χ2v) is 9.84. The number of rotatable bonds is 6. The summed E-state index contributed by atoms with van der Waals surface area (Å²) < 4.78 is 42.4. The highest BCUT2D eigenvalue weighted by Crippen LogP contribution is 2.26. The topological polar surface area (TPSA) is 84.3 Å². The van der Waals surface area contributed by atoms with Crippen LogP contribution in [0.5, 0.6) is 0 Å². The number of carbonyl (C=O) groups is 1. The molecule has 0 saturated carbocycles. The number of halogens is 1. The highest BCUT2D eigenvalue weighted by atomic mass is 32.2. The van der Waals surface area contributed by atoms with E-state index in [-0.39, 0.29) is 17.3 Å². The molecule has 0 unspecified atom stereocenters. The first-order chi connectivity index (χ1) is 15.4. The van der Waals surface area contributed by atoms with Crippen molar-refractivity contribution in [1.29, 1.82) is 0 Å². The van der Waals surface area contributed by atoms with E-state index in [4.69, 9.17) is 0 Å². The van der Waals surface area contributed by atoms with Crippen molar-refractivity contribution in [3.05, 3.63) is 84.2 Å². The number of imidazole rings is 1. The van der Waals surface area contributed by atoms with Gasteiger partial charge >= 0.3 is 0 Å². The third kappa shape index (κ3) is 4.58. The van der Waals surface area contributed by atoms with Gasteiger partial charge in [-0.1, -0.05) is 30.3 Å². The van der Waals surface area contributed by atoms with Gasteiger partial charge in [-0.25, -0.2) is 17.8 Å². The molecule has 0 aliphatic carbocycles. The standard InChI is InChI=1S/C23H25FN4O3S/c1-27-15-13-25-22(27)21(17-6-3-2-4-7-17)26-23(29)18-8-5-14-28(16-18)32(30,31)20-11-9-19(24)10-12-20/h2-4,6-7,9-13,15,18,21H,5,8,14,16H2,1H3,(H,26,29)/t18-,21-/m0/s1. The number of hydrogen-bond acceptors (Lipinski definition) is 4. The lowest BCUT2D eigenvalue weighted by molar-refractivity contribution is -0.126. The van der Waals surface area contributed by atoms with Gasteiger partial charge in [0, 0.05) is 32.5 Å². The number of nitrogens with one attached hydrogen (secondary N) is 1. The molecule has 7 nitrogen and oxygen atoms in total. The minimum absolute atomic E-state index is 0.0233. The van der Waals surface area contributed by atoms with E-state index < -0.39 is 27.8 Å². The normalized spacial score (nSPS) is 18.2. The van der Waals surface area contributed by atoms with Crippen LogP contribution < -0.4 is 5.32 Å². The maximum atomic E-state index is 13.2. The van der Waals surface area contributed by atoms with E-state index in [1.54, 1.807) is 6.20 Å². The molecule has 1 fully saturated rings. The van der Waals surface area contributed by atoms with Gasteiger partial charge in [0.25, 0.3) is 0 Å². The van der Waals surface area contributed by atoms with Gasteiger partial charge < -0.3 is 9.88 Å². The van der Waals surface area contributed by atoms with Crippen molar-refractivity contribution >= 4 is 15.9 Å². The molecular weight excluding hydrogens is 431 g/mol. The Morgan fingerprint density at radius 1 is 1.16 bits per heavy atom. The Morgan fingerprint density at radius 3 is 2.53 bits per heavy atom. The van der Waals surface area contributed by atoms with E-state index in [0.717, 1.165) is 17.7 Å². The zero-order chi connectivity index (χ0) is 22.7. The van der Waals surface area contributed by atoms with E-state index in [1.165, 1.54) is 16.4 Å². The van der Waals surface area contributed by atoms with Crippen LogP contribution in [0, 0.1) is 11.7 Å². The predicted molar refractivity (Wildman–Crippen MR) is 118 cm³/mol. The molecule has 9 heteroatoms. The number of aromatic nitrogens is 2. The number of sulfonamides is 1. The largest absolute Gasteiger partial charge is 0.342 e. The quantitative estimate of drug-likeness (QED) is 0.618. The third-order valence-electron chi connectivity index (χ3n) is 5.74. The average molecular weight is 457 g/mol. The Hall–Kier alpha value is -3.04. The zero-order valence-electron chi connectivity index (χ0n) is 17.7. The van der Waals surface area contributed by atoms with Gasteiger partial charge in [-0.2, -0.15) is 4.31 Å². The highest BCUT2D eigenvalue weighted by Gasteiger charge is 2.34. The van der Waals surface area contributed by atoms with Crippen molar-refractivity contribution in [1.82, 2.24) is 19.2 Å². The molecule has 1 aliphatic heterocycles. The summed E-state index contributed by atoms with van der Waals surface area (Å²) >= 11 is 0. The van der Waals surface area contributed by atoms with Crippen LogP contribution in [0.4, 0.5) is 4.39 Å². The lowest BCUT2D eigenvalue weighted by Gasteiger charge is -2.32. The molecule has 1 aliphatic rings. The summed E-state index contributed by atoms with van der Waals surface area (Å²) in [6, 6.07) is 13.8. The third-order valence-corrected chi connectivity index (χ3v) is 7.62. The second kappa shape index (κ2) is 9.22. The summed E-state index contributed by atoms with van der Waals surface area (Å²) in [5, 5.41) is 3.07. The number of hydrogen-bond donors (Lipinski definition) is 1. The summed E-state index contributed by atoms with van der Waals surface area (Å²) in [5.41, 5.74) is 0.891. The van der Waals surface area contributed by atoms with Gasteiger partial charge in [0.05, 0.1) is 10.8 Å². The van der Waals surface area contributed by atoms with Gasteiger partial charge in [0.1, 0.15) is 17.7 Å². The van der Waals surface area contributed by atoms with E-state index >= 15 is 0 Å². The first-order valence-electron chi connectivity index (χ1n) is 10.4. The van der Waals surface area contributed by atoms with Gasteiger partial charge in [-0.05, 0) is 42.7 Å². The van der Waals surface area contributed by atoms with Crippen molar-refractivity contribution in [2.75, 3.05) is 13.1 Å². The summed E-state index contributed by atoms with van der Waals surface area (Å²) in [7, 11) is -1.94. The molecule has 3 aromatic rings. The average Bonchev–Trinajstić information content (AvgIpc) is 3.23. The van der Waals surface area contributed by atoms with E-state index in [0.29, 0.717) is 25.2 Å². The summed E-state index contributed by atoms with van der Waals surface area (Å²) in [6.45, 7) is 0.401. The summed E-state index contributed by atoms with van der Waals surface area (Å²) in [4.78, 5) is 17.6. The van der Waals surface area contributed by atoms with Gasteiger partial charge in [-0.15, -0.1) is 0 Å². The SMILES string of the molecule is Cn1ccnc1[C@@H](NC(=O)[C@H]1CCCN(S(=O)(=O)c2ccc(F)cc2)C1)c1ccccc1. The van der Waals surface area contributed by atoms with Crippen LogP contribution in [-0.2, 0) is 21.9 Å². The summed E-state index contributed by atoms with van der Waals surface area (Å²) in [6.07, 6.45) is 4.64. The Bertz CT molecular complexity index is 1180. The Balaban J connectivity index is 1.53. The number of amides is 1. The maximum absolute atomic E-state index is 13.2. The van der Waals surface area contributed by atoms with Crippen LogP contribution in [0.1, 0.15) is 30.3 Å². The zero-order valence-corrected chi connectivity index (χ0v) is 18.5. The fourth-order valence-corrected chi connectivity index (χ4v) is 5.51. The van der Waals surface area contributed by atoms with Crippen molar-refractivity contribution in [2.45, 2.75) is 23.8 Å². The Kier molecular flexibility index (Phi) is 6.38. The van der Waals surface area contributed by atoms with Crippen molar-refractivity contribution in [3.8, 4) is 0 Å². The van der Waals surface area contributed by atoms with Crippen LogP contribution in [0.25, 0.3) is 0 Å². The molecule has 0 bridgehead atoms. The molecule has 4 rings (SSSR count). The van der Waals surface area contributed by atoms with Crippen LogP contribution in [0.15, 0.2) is 71.9 Å². The van der Waals surface area contributed by atoms with E-state index in [2.05, 4.69) is 10.3 Å². The van der Waals surface area contributed by atoms with E-state index in [9.17, 15) is 17.6 Å². The second-order valence-electron chi connectivity index (χ2n) is 7.90. The van der Waals surface area contributed by atoms with Crippen molar-refractivity contribution in [2.24, 2.45) is 13.0 Å². The summed E-state index contributed by atoms with van der Waals surface area (Å²) in [5.74, 6) is -0.524. The molecule has 2 aromatic carbocycles.